The Kier molecular flexibility index (Phi) is 4.01. The predicted octanol–water partition coefficient (Wildman–Crippen LogP) is 1.59. The predicted molar refractivity (Wildman–Crippen MR) is 76.7 cm³/mol. The summed E-state index contributed by atoms with van der Waals surface area (Å²) in [6, 6.07) is 0.440. The highest BCUT2D eigenvalue weighted by Crippen LogP contribution is 2.18. The number of nitrogens with one attached hydrogen (secondary N) is 1. The van der Waals surface area contributed by atoms with E-state index in [0.29, 0.717) is 11.9 Å². The minimum Gasteiger partial charge on any atom is -0.338 e. The van der Waals surface area contributed by atoms with E-state index >= 15 is 0 Å². The van der Waals surface area contributed by atoms with Crippen molar-refractivity contribution in [3.63, 3.8) is 0 Å². The maximum atomic E-state index is 5.34. The fourth-order valence-electron chi connectivity index (χ4n) is 2.79. The Morgan fingerprint density at radius 2 is 2.29 bits per heavy atom. The lowest BCUT2D eigenvalue weighted by molar-refractivity contribution is 0.293. The lowest BCUT2D eigenvalue weighted by Crippen LogP contribution is -2.39. The third-order valence-corrected chi connectivity index (χ3v) is 3.95. The van der Waals surface area contributed by atoms with E-state index in [-0.39, 0.29) is 6.04 Å². The molecule has 3 heterocycles. The van der Waals surface area contributed by atoms with Crippen LogP contribution in [0.5, 0.6) is 0 Å². The summed E-state index contributed by atoms with van der Waals surface area (Å²) >= 11 is 0. The van der Waals surface area contributed by atoms with Crippen LogP contribution in [0.15, 0.2) is 4.52 Å². The van der Waals surface area contributed by atoms with E-state index in [2.05, 4.69) is 44.1 Å². The van der Waals surface area contributed by atoms with Gasteiger partial charge in [-0.1, -0.05) is 12.1 Å². The minimum atomic E-state index is 0.0615. The van der Waals surface area contributed by atoms with Crippen LogP contribution in [0.25, 0.3) is 0 Å². The third kappa shape index (κ3) is 2.97. The number of aryl methyl sites for hydroxylation is 3. The highest BCUT2D eigenvalue weighted by Gasteiger charge is 2.24. The Labute approximate surface area is 124 Å². The number of nitrogens with zero attached hydrogens (tertiary/aromatic N) is 5. The standard InChI is InChI=1S/C14H22N6O/c1-4-5-12-16-14(21-19-12)9(2)15-11-6-7-13-18-17-10(3)20(13)8-11/h9,11,15H,4-8H2,1-3H3. The Morgan fingerprint density at radius 3 is 3.10 bits per heavy atom. The van der Waals surface area contributed by atoms with E-state index in [1.54, 1.807) is 0 Å². The Balaban J connectivity index is 1.62. The zero-order valence-corrected chi connectivity index (χ0v) is 12.8. The van der Waals surface area contributed by atoms with Crippen molar-refractivity contribution in [3.8, 4) is 0 Å². The van der Waals surface area contributed by atoms with Gasteiger partial charge >= 0.3 is 0 Å². The topological polar surface area (TPSA) is 81.7 Å². The molecule has 3 rings (SSSR count). The molecule has 0 radical (unpaired) electrons. The van der Waals surface area contributed by atoms with Gasteiger partial charge in [-0.15, -0.1) is 10.2 Å². The van der Waals surface area contributed by atoms with Gasteiger partial charge in [0, 0.05) is 25.4 Å². The smallest absolute Gasteiger partial charge is 0.243 e. The van der Waals surface area contributed by atoms with Gasteiger partial charge in [0.05, 0.1) is 6.04 Å². The molecule has 7 heteroatoms. The Bertz CT molecular complexity index is 604. The zero-order chi connectivity index (χ0) is 14.8. The van der Waals surface area contributed by atoms with E-state index in [0.717, 1.165) is 49.7 Å². The summed E-state index contributed by atoms with van der Waals surface area (Å²) in [5.41, 5.74) is 0. The highest BCUT2D eigenvalue weighted by atomic mass is 16.5. The first-order chi connectivity index (χ1) is 10.2. The summed E-state index contributed by atoms with van der Waals surface area (Å²) in [7, 11) is 0. The van der Waals surface area contributed by atoms with Crippen LogP contribution in [0, 0.1) is 6.92 Å². The van der Waals surface area contributed by atoms with Crippen LogP contribution in [0.1, 0.15) is 56.1 Å². The second kappa shape index (κ2) is 5.93. The van der Waals surface area contributed by atoms with Gasteiger partial charge in [0.1, 0.15) is 11.6 Å². The van der Waals surface area contributed by atoms with Gasteiger partial charge in [-0.3, -0.25) is 0 Å². The van der Waals surface area contributed by atoms with Crippen molar-refractivity contribution in [2.45, 2.75) is 65.1 Å². The van der Waals surface area contributed by atoms with Crippen LogP contribution in [0.3, 0.4) is 0 Å². The second-order valence-corrected chi connectivity index (χ2v) is 5.70. The van der Waals surface area contributed by atoms with Gasteiger partial charge in [0.2, 0.25) is 5.89 Å². The minimum absolute atomic E-state index is 0.0615. The number of rotatable bonds is 5. The van der Waals surface area contributed by atoms with Crippen LogP contribution in [-0.2, 0) is 19.4 Å². The first-order valence-corrected chi connectivity index (χ1v) is 7.64. The normalized spacial score (nSPS) is 19.5. The second-order valence-electron chi connectivity index (χ2n) is 5.70. The molecule has 0 bridgehead atoms. The number of hydrogen-bond donors (Lipinski definition) is 1. The van der Waals surface area contributed by atoms with Gasteiger partial charge in [0.25, 0.3) is 0 Å². The van der Waals surface area contributed by atoms with Gasteiger partial charge in [-0.2, -0.15) is 4.98 Å². The van der Waals surface area contributed by atoms with E-state index in [1.165, 1.54) is 0 Å². The lowest BCUT2D eigenvalue weighted by atomic mass is 10.1. The van der Waals surface area contributed by atoms with Crippen molar-refractivity contribution in [3.05, 3.63) is 23.4 Å². The van der Waals surface area contributed by atoms with E-state index in [1.807, 2.05) is 6.92 Å². The van der Waals surface area contributed by atoms with Crippen molar-refractivity contribution in [1.82, 2.24) is 30.2 Å². The van der Waals surface area contributed by atoms with Crippen molar-refractivity contribution >= 4 is 0 Å². The molecule has 2 aromatic heterocycles. The largest absolute Gasteiger partial charge is 0.338 e. The van der Waals surface area contributed by atoms with Crippen LogP contribution in [-0.4, -0.2) is 30.9 Å². The first kappa shape index (κ1) is 14.2. The van der Waals surface area contributed by atoms with E-state index in [4.69, 9.17) is 4.52 Å². The zero-order valence-electron chi connectivity index (χ0n) is 12.8. The summed E-state index contributed by atoms with van der Waals surface area (Å²) in [5, 5.41) is 15.9. The summed E-state index contributed by atoms with van der Waals surface area (Å²) in [6.45, 7) is 7.07. The van der Waals surface area contributed by atoms with Crippen LogP contribution >= 0.6 is 0 Å². The monoisotopic (exact) mass is 290 g/mol. The molecule has 0 spiro atoms. The number of fused-ring (bicyclic) bond motifs is 1. The SMILES string of the molecule is CCCc1noc(C(C)NC2CCc3nnc(C)n3C2)n1. The summed E-state index contributed by atoms with van der Waals surface area (Å²) in [6.07, 6.45) is 3.90. The molecule has 7 nitrogen and oxygen atoms in total. The van der Waals surface area contributed by atoms with Crippen molar-refractivity contribution < 1.29 is 4.52 Å². The fraction of sp³-hybridized carbons (Fsp3) is 0.714. The molecule has 0 saturated heterocycles. The molecule has 1 N–H and O–H groups in total. The van der Waals surface area contributed by atoms with Gasteiger partial charge in [-0.25, -0.2) is 0 Å². The summed E-state index contributed by atoms with van der Waals surface area (Å²) in [5.74, 6) is 3.53. The first-order valence-electron chi connectivity index (χ1n) is 7.64. The van der Waals surface area contributed by atoms with Gasteiger partial charge in [0.15, 0.2) is 5.82 Å². The molecule has 2 unspecified atom stereocenters. The van der Waals surface area contributed by atoms with E-state index < -0.39 is 0 Å². The molecule has 0 fully saturated rings. The Hall–Kier alpha value is -1.76. The van der Waals surface area contributed by atoms with Crippen molar-refractivity contribution in [2.24, 2.45) is 0 Å². The third-order valence-electron chi connectivity index (χ3n) is 3.95. The van der Waals surface area contributed by atoms with Gasteiger partial charge < -0.3 is 14.4 Å². The van der Waals surface area contributed by atoms with Crippen LogP contribution in [0.4, 0.5) is 0 Å². The molecule has 1 aliphatic rings. The molecule has 0 saturated carbocycles. The summed E-state index contributed by atoms with van der Waals surface area (Å²) in [4.78, 5) is 4.45. The quantitative estimate of drug-likeness (QED) is 0.900. The molecule has 2 atom stereocenters. The van der Waals surface area contributed by atoms with Crippen molar-refractivity contribution in [2.75, 3.05) is 0 Å². The summed E-state index contributed by atoms with van der Waals surface area (Å²) < 4.78 is 7.53. The molecule has 0 aliphatic carbocycles. The molecule has 114 valence electrons. The molecule has 1 aliphatic heterocycles. The number of aromatic nitrogens is 5. The molecular formula is C14H22N6O. The van der Waals surface area contributed by atoms with Gasteiger partial charge in [-0.05, 0) is 26.7 Å². The van der Waals surface area contributed by atoms with Crippen LogP contribution in [0.2, 0.25) is 0 Å². The Morgan fingerprint density at radius 1 is 1.43 bits per heavy atom. The molecule has 2 aromatic rings. The maximum absolute atomic E-state index is 5.34. The average Bonchev–Trinajstić information content (AvgIpc) is 3.07. The van der Waals surface area contributed by atoms with Crippen molar-refractivity contribution in [1.29, 1.82) is 0 Å². The molecule has 0 aromatic carbocycles. The fourth-order valence-corrected chi connectivity index (χ4v) is 2.79. The van der Waals surface area contributed by atoms with Crippen LogP contribution < -0.4 is 5.32 Å². The molecule has 21 heavy (non-hydrogen) atoms. The molecule has 0 amide bonds. The highest BCUT2D eigenvalue weighted by molar-refractivity contribution is 5.01. The van der Waals surface area contributed by atoms with E-state index in [9.17, 15) is 0 Å². The number of hydrogen-bond acceptors (Lipinski definition) is 6. The lowest BCUT2D eigenvalue weighted by Gasteiger charge is -2.26. The average molecular weight is 290 g/mol. The maximum Gasteiger partial charge on any atom is 0.243 e. The molecular weight excluding hydrogens is 268 g/mol.